The normalized spacial score (nSPS) is 10.2. The van der Waals surface area contributed by atoms with Gasteiger partial charge in [0.15, 0.2) is 0 Å². The Morgan fingerprint density at radius 3 is 2.68 bits per heavy atom. The minimum atomic E-state index is -0.270. The summed E-state index contributed by atoms with van der Waals surface area (Å²) < 4.78 is 13.6. The molecule has 0 aliphatic carbocycles. The third-order valence-electron chi connectivity index (χ3n) is 3.53. The Hall–Kier alpha value is -2.38. The van der Waals surface area contributed by atoms with Crippen LogP contribution in [0.5, 0.6) is 0 Å². The first-order valence-electron chi connectivity index (χ1n) is 7.36. The molecule has 3 nitrogen and oxygen atoms in total. The minimum Gasteiger partial charge on any atom is -0.375 e. The van der Waals surface area contributed by atoms with Crippen LogP contribution < -0.4 is 10.2 Å². The van der Waals surface area contributed by atoms with Crippen LogP contribution in [0.3, 0.4) is 0 Å². The van der Waals surface area contributed by atoms with Gasteiger partial charge in [0.1, 0.15) is 5.82 Å². The van der Waals surface area contributed by atoms with E-state index in [1.165, 1.54) is 17.8 Å². The smallest absolute Gasteiger partial charge is 0.127 e. The fourth-order valence-electron chi connectivity index (χ4n) is 2.26. The van der Waals surface area contributed by atoms with Crippen LogP contribution in [0.25, 0.3) is 0 Å². The molecule has 0 spiro atoms. The van der Waals surface area contributed by atoms with Gasteiger partial charge in [0, 0.05) is 31.4 Å². The summed E-state index contributed by atoms with van der Waals surface area (Å²) in [7, 11) is 2.06. The highest BCUT2D eigenvalue weighted by atomic mass is 19.1. The molecule has 2 aromatic rings. The van der Waals surface area contributed by atoms with E-state index >= 15 is 0 Å². The summed E-state index contributed by atoms with van der Waals surface area (Å²) >= 11 is 0. The Labute approximate surface area is 131 Å². The molecular weight excluding hydrogens is 277 g/mol. The number of nitrogens with zero attached hydrogens (tertiary/aromatic N) is 2. The number of benzene rings is 2. The second kappa shape index (κ2) is 8.16. The van der Waals surface area contributed by atoms with Crippen LogP contribution in [-0.4, -0.2) is 20.1 Å². The van der Waals surface area contributed by atoms with Crippen molar-refractivity contribution < 1.29 is 4.39 Å². The Kier molecular flexibility index (Phi) is 5.93. The van der Waals surface area contributed by atoms with Gasteiger partial charge in [-0.2, -0.15) is 5.26 Å². The molecule has 0 saturated heterocycles. The largest absolute Gasteiger partial charge is 0.375 e. The molecule has 0 amide bonds. The van der Waals surface area contributed by atoms with Crippen LogP contribution in [0.1, 0.15) is 17.5 Å². The van der Waals surface area contributed by atoms with Gasteiger partial charge in [-0.3, -0.25) is 0 Å². The van der Waals surface area contributed by atoms with Crippen molar-refractivity contribution in [2.75, 3.05) is 25.0 Å². The molecule has 0 aliphatic rings. The van der Waals surface area contributed by atoms with Crippen molar-refractivity contribution in [2.24, 2.45) is 0 Å². The molecule has 22 heavy (non-hydrogen) atoms. The van der Waals surface area contributed by atoms with Gasteiger partial charge in [0.05, 0.1) is 11.6 Å². The van der Waals surface area contributed by atoms with Crippen LogP contribution in [0.4, 0.5) is 10.1 Å². The van der Waals surface area contributed by atoms with E-state index in [2.05, 4.69) is 29.4 Å². The van der Waals surface area contributed by atoms with Crippen LogP contribution >= 0.6 is 0 Å². The number of hydrogen-bond acceptors (Lipinski definition) is 3. The molecule has 0 radical (unpaired) electrons. The zero-order valence-electron chi connectivity index (χ0n) is 12.7. The van der Waals surface area contributed by atoms with Gasteiger partial charge < -0.3 is 10.2 Å². The third kappa shape index (κ3) is 4.57. The highest BCUT2D eigenvalue weighted by Gasteiger charge is 2.03. The second-order valence-electron chi connectivity index (χ2n) is 5.21. The molecule has 0 bridgehead atoms. The molecule has 4 heteroatoms. The quantitative estimate of drug-likeness (QED) is 0.797. The van der Waals surface area contributed by atoms with Gasteiger partial charge >= 0.3 is 0 Å². The summed E-state index contributed by atoms with van der Waals surface area (Å²) in [5, 5.41) is 12.1. The Morgan fingerprint density at radius 2 is 1.95 bits per heavy atom. The maximum Gasteiger partial charge on any atom is 0.127 e. The Bertz CT molecular complexity index is 635. The summed E-state index contributed by atoms with van der Waals surface area (Å²) in [6, 6.07) is 16.7. The number of rotatable bonds is 7. The molecule has 2 rings (SSSR count). The van der Waals surface area contributed by atoms with Crippen molar-refractivity contribution in [3.63, 3.8) is 0 Å². The zero-order chi connectivity index (χ0) is 15.8. The molecule has 0 aromatic heterocycles. The van der Waals surface area contributed by atoms with Gasteiger partial charge in [-0.05, 0) is 43.3 Å². The van der Waals surface area contributed by atoms with Crippen molar-refractivity contribution >= 4 is 5.69 Å². The summed E-state index contributed by atoms with van der Waals surface area (Å²) in [5.74, 6) is -0.270. The number of anilines is 1. The first kappa shape index (κ1) is 16.0. The maximum atomic E-state index is 13.6. The Balaban J connectivity index is 1.73. The lowest BCUT2D eigenvalue weighted by atomic mass is 10.1. The lowest BCUT2D eigenvalue weighted by Gasteiger charge is -2.19. The monoisotopic (exact) mass is 297 g/mol. The first-order chi connectivity index (χ1) is 10.7. The van der Waals surface area contributed by atoms with E-state index in [1.807, 2.05) is 24.3 Å². The van der Waals surface area contributed by atoms with Gasteiger partial charge in [-0.25, -0.2) is 4.39 Å². The van der Waals surface area contributed by atoms with Crippen LogP contribution in [0.2, 0.25) is 0 Å². The van der Waals surface area contributed by atoms with Crippen molar-refractivity contribution in [1.29, 1.82) is 5.26 Å². The van der Waals surface area contributed by atoms with E-state index < -0.39 is 0 Å². The molecule has 0 unspecified atom stereocenters. The summed E-state index contributed by atoms with van der Waals surface area (Å²) in [5.41, 5.74) is 2.22. The number of halogens is 1. The molecule has 2 aromatic carbocycles. The summed E-state index contributed by atoms with van der Waals surface area (Å²) in [6.07, 6.45) is 0.963. The SMILES string of the molecule is CN(CCCNCc1cc(C#N)ccc1F)c1ccccc1. The average molecular weight is 297 g/mol. The van der Waals surface area contributed by atoms with Crippen molar-refractivity contribution in [3.8, 4) is 6.07 Å². The maximum absolute atomic E-state index is 13.6. The fourth-order valence-corrected chi connectivity index (χ4v) is 2.26. The lowest BCUT2D eigenvalue weighted by molar-refractivity contribution is 0.581. The molecule has 0 fully saturated rings. The number of nitrogens with one attached hydrogen (secondary N) is 1. The number of hydrogen-bond donors (Lipinski definition) is 1. The second-order valence-corrected chi connectivity index (χ2v) is 5.21. The lowest BCUT2D eigenvalue weighted by Crippen LogP contribution is -2.23. The van der Waals surface area contributed by atoms with Crippen molar-refractivity contribution in [1.82, 2.24) is 5.32 Å². The van der Waals surface area contributed by atoms with E-state index in [4.69, 9.17) is 5.26 Å². The molecule has 0 saturated carbocycles. The van der Waals surface area contributed by atoms with Crippen LogP contribution in [-0.2, 0) is 6.54 Å². The van der Waals surface area contributed by atoms with Crippen molar-refractivity contribution in [3.05, 3.63) is 65.5 Å². The summed E-state index contributed by atoms with van der Waals surface area (Å²) in [6.45, 7) is 2.17. The van der Waals surface area contributed by atoms with E-state index in [9.17, 15) is 4.39 Å². The number of nitriles is 1. The van der Waals surface area contributed by atoms with Crippen LogP contribution in [0.15, 0.2) is 48.5 Å². The number of para-hydroxylation sites is 1. The van der Waals surface area contributed by atoms with E-state index in [0.29, 0.717) is 17.7 Å². The predicted molar refractivity (Wildman–Crippen MR) is 87.2 cm³/mol. The highest BCUT2D eigenvalue weighted by Crippen LogP contribution is 2.11. The third-order valence-corrected chi connectivity index (χ3v) is 3.53. The van der Waals surface area contributed by atoms with E-state index in [0.717, 1.165) is 19.5 Å². The predicted octanol–water partition coefficient (Wildman–Crippen LogP) is 3.31. The standard InChI is InChI=1S/C18H20FN3/c1-22(17-6-3-2-4-7-17)11-5-10-21-14-16-12-15(13-20)8-9-18(16)19/h2-4,6-9,12,21H,5,10-11,14H2,1H3. The fraction of sp³-hybridized carbons (Fsp3) is 0.278. The van der Waals surface area contributed by atoms with Crippen molar-refractivity contribution in [2.45, 2.75) is 13.0 Å². The van der Waals surface area contributed by atoms with Gasteiger partial charge in [-0.1, -0.05) is 18.2 Å². The summed E-state index contributed by atoms with van der Waals surface area (Å²) in [4.78, 5) is 2.19. The molecule has 0 aliphatic heterocycles. The Morgan fingerprint density at radius 1 is 1.18 bits per heavy atom. The molecular formula is C18H20FN3. The molecule has 0 heterocycles. The highest BCUT2D eigenvalue weighted by molar-refractivity contribution is 5.44. The topological polar surface area (TPSA) is 39.1 Å². The average Bonchev–Trinajstić information content (AvgIpc) is 2.56. The van der Waals surface area contributed by atoms with Gasteiger partial charge in [0.25, 0.3) is 0 Å². The van der Waals surface area contributed by atoms with Crippen LogP contribution in [0, 0.1) is 17.1 Å². The van der Waals surface area contributed by atoms with E-state index in [1.54, 1.807) is 6.07 Å². The first-order valence-corrected chi connectivity index (χ1v) is 7.36. The molecule has 1 N–H and O–H groups in total. The van der Waals surface area contributed by atoms with Gasteiger partial charge in [0.2, 0.25) is 0 Å². The van der Waals surface area contributed by atoms with E-state index in [-0.39, 0.29) is 5.82 Å². The molecule has 0 atom stereocenters. The van der Waals surface area contributed by atoms with Gasteiger partial charge in [-0.15, -0.1) is 0 Å². The zero-order valence-corrected chi connectivity index (χ0v) is 12.7. The molecule has 114 valence electrons. The minimum absolute atomic E-state index is 0.270.